The zero-order chi connectivity index (χ0) is 21.1. The first-order chi connectivity index (χ1) is 14.4. The molecule has 30 heavy (non-hydrogen) atoms. The highest BCUT2D eigenvalue weighted by Gasteiger charge is 2.12. The fraction of sp³-hybridized carbons (Fsp3) is 0.292. The topological polar surface area (TPSA) is 67.7 Å². The molecule has 2 heterocycles. The lowest BCUT2D eigenvalue weighted by Gasteiger charge is -2.19. The second-order valence-electron chi connectivity index (χ2n) is 8.75. The molecule has 1 atom stereocenters. The van der Waals surface area contributed by atoms with Crippen LogP contribution in [0.3, 0.4) is 0 Å². The molecule has 2 aromatic carbocycles. The van der Waals surface area contributed by atoms with Gasteiger partial charge < -0.3 is 10.6 Å². The number of nitrogens with zero attached hydrogens (tertiary/aromatic N) is 4. The Morgan fingerprint density at radius 3 is 2.57 bits per heavy atom. The third-order valence-electron chi connectivity index (χ3n) is 4.90. The SMILES string of the molecule is C[C@H](Nc1nccc(-n2cnc3cc(NCC(C)(C)C)ccc32)n1)c1ccccc1. The van der Waals surface area contributed by atoms with Crippen LogP contribution in [0, 0.1) is 5.41 Å². The van der Waals surface area contributed by atoms with Crippen LogP contribution in [0.5, 0.6) is 0 Å². The number of fused-ring (bicyclic) bond motifs is 1. The van der Waals surface area contributed by atoms with E-state index in [0.29, 0.717) is 5.95 Å². The molecule has 4 aromatic rings. The van der Waals surface area contributed by atoms with Crippen molar-refractivity contribution in [3.8, 4) is 5.82 Å². The van der Waals surface area contributed by atoms with Gasteiger partial charge in [-0.15, -0.1) is 0 Å². The molecule has 0 unspecified atom stereocenters. The largest absolute Gasteiger partial charge is 0.384 e. The van der Waals surface area contributed by atoms with Crippen LogP contribution in [0.15, 0.2) is 67.1 Å². The first-order valence-corrected chi connectivity index (χ1v) is 10.2. The molecule has 4 rings (SSSR count). The van der Waals surface area contributed by atoms with Crippen LogP contribution in [0.1, 0.15) is 39.3 Å². The van der Waals surface area contributed by atoms with E-state index < -0.39 is 0 Å². The van der Waals surface area contributed by atoms with Crippen LogP contribution < -0.4 is 10.6 Å². The van der Waals surface area contributed by atoms with Crippen LogP contribution in [0.2, 0.25) is 0 Å². The van der Waals surface area contributed by atoms with E-state index in [1.807, 2.05) is 35.2 Å². The molecule has 6 nitrogen and oxygen atoms in total. The van der Waals surface area contributed by atoms with Gasteiger partial charge in [-0.1, -0.05) is 51.1 Å². The highest BCUT2D eigenvalue weighted by Crippen LogP contribution is 2.23. The average Bonchev–Trinajstić information content (AvgIpc) is 3.16. The van der Waals surface area contributed by atoms with Crippen LogP contribution >= 0.6 is 0 Å². The van der Waals surface area contributed by atoms with Gasteiger partial charge in [-0.3, -0.25) is 4.57 Å². The summed E-state index contributed by atoms with van der Waals surface area (Å²) < 4.78 is 1.99. The maximum absolute atomic E-state index is 4.71. The fourth-order valence-corrected chi connectivity index (χ4v) is 3.24. The van der Waals surface area contributed by atoms with Gasteiger partial charge in [0.15, 0.2) is 0 Å². The van der Waals surface area contributed by atoms with Crippen LogP contribution in [-0.4, -0.2) is 26.1 Å². The third-order valence-corrected chi connectivity index (χ3v) is 4.90. The van der Waals surface area contributed by atoms with Crippen molar-refractivity contribution in [2.24, 2.45) is 5.41 Å². The summed E-state index contributed by atoms with van der Waals surface area (Å²) in [5.41, 5.74) is 4.42. The Bertz CT molecular complexity index is 1130. The van der Waals surface area contributed by atoms with Gasteiger partial charge in [-0.25, -0.2) is 9.97 Å². The standard InChI is InChI=1S/C24H28N6/c1-17(18-8-6-5-7-9-18)28-23-25-13-12-22(29-23)30-16-27-20-14-19(10-11-21(20)30)26-15-24(2,3)4/h5-14,16-17,26H,15H2,1-4H3,(H,25,28,29)/t17-/m0/s1. The highest BCUT2D eigenvalue weighted by atomic mass is 15.2. The summed E-state index contributed by atoms with van der Waals surface area (Å²) in [6.45, 7) is 9.65. The van der Waals surface area contributed by atoms with Gasteiger partial charge >= 0.3 is 0 Å². The van der Waals surface area contributed by atoms with Gasteiger partial charge in [-0.2, -0.15) is 4.98 Å². The second kappa shape index (κ2) is 8.14. The number of hydrogen-bond donors (Lipinski definition) is 2. The van der Waals surface area contributed by atoms with E-state index in [2.05, 4.69) is 78.6 Å². The van der Waals surface area contributed by atoms with Crippen molar-refractivity contribution in [3.05, 3.63) is 72.7 Å². The molecule has 0 fully saturated rings. The molecule has 0 aliphatic rings. The first kappa shape index (κ1) is 19.9. The van der Waals surface area contributed by atoms with Gasteiger partial charge in [-0.05, 0) is 42.2 Å². The lowest BCUT2D eigenvalue weighted by Crippen LogP contribution is -2.18. The summed E-state index contributed by atoms with van der Waals surface area (Å²) in [7, 11) is 0. The monoisotopic (exact) mass is 400 g/mol. The molecule has 0 aliphatic carbocycles. The van der Waals surface area contributed by atoms with E-state index >= 15 is 0 Å². The minimum absolute atomic E-state index is 0.109. The predicted octanol–water partition coefficient (Wildman–Crippen LogP) is 5.45. The third kappa shape index (κ3) is 4.59. The van der Waals surface area contributed by atoms with Crippen molar-refractivity contribution < 1.29 is 0 Å². The molecule has 0 amide bonds. The van der Waals surface area contributed by atoms with E-state index in [4.69, 9.17) is 4.98 Å². The molecule has 0 aliphatic heterocycles. The van der Waals surface area contributed by atoms with E-state index in [0.717, 1.165) is 29.1 Å². The van der Waals surface area contributed by atoms with Gasteiger partial charge in [0.05, 0.1) is 17.1 Å². The second-order valence-corrected chi connectivity index (χ2v) is 8.75. The zero-order valence-electron chi connectivity index (χ0n) is 17.9. The van der Waals surface area contributed by atoms with Crippen molar-refractivity contribution in [1.29, 1.82) is 0 Å². The summed E-state index contributed by atoms with van der Waals surface area (Å²) in [5.74, 6) is 1.37. The summed E-state index contributed by atoms with van der Waals surface area (Å²) in [6, 6.07) is 18.5. The van der Waals surface area contributed by atoms with Crippen LogP contribution in [-0.2, 0) is 0 Å². The molecule has 6 heteroatoms. The Labute approximate surface area is 177 Å². The smallest absolute Gasteiger partial charge is 0.225 e. The average molecular weight is 401 g/mol. The quantitative estimate of drug-likeness (QED) is 0.451. The number of imidazole rings is 1. The fourth-order valence-electron chi connectivity index (χ4n) is 3.24. The molecule has 0 radical (unpaired) electrons. The molecule has 2 aromatic heterocycles. The molecule has 154 valence electrons. The number of anilines is 2. The summed E-state index contributed by atoms with van der Waals surface area (Å²) in [5, 5.41) is 6.87. The summed E-state index contributed by atoms with van der Waals surface area (Å²) >= 11 is 0. The van der Waals surface area contributed by atoms with Crippen molar-refractivity contribution in [1.82, 2.24) is 19.5 Å². The number of aromatic nitrogens is 4. The zero-order valence-corrected chi connectivity index (χ0v) is 17.9. The molecule has 0 spiro atoms. The lowest BCUT2D eigenvalue weighted by molar-refractivity contribution is 0.443. The van der Waals surface area contributed by atoms with E-state index in [1.54, 1.807) is 6.20 Å². The van der Waals surface area contributed by atoms with Crippen molar-refractivity contribution in [3.63, 3.8) is 0 Å². The van der Waals surface area contributed by atoms with Gasteiger partial charge in [0.1, 0.15) is 12.1 Å². The van der Waals surface area contributed by atoms with Crippen LogP contribution in [0.25, 0.3) is 16.9 Å². The lowest BCUT2D eigenvalue weighted by atomic mass is 9.97. The molecule has 0 saturated heterocycles. The minimum atomic E-state index is 0.109. The number of hydrogen-bond acceptors (Lipinski definition) is 5. The molecular formula is C24H28N6. The molecule has 2 N–H and O–H groups in total. The Kier molecular flexibility index (Phi) is 5.40. The first-order valence-electron chi connectivity index (χ1n) is 10.2. The van der Waals surface area contributed by atoms with Crippen molar-refractivity contribution in [2.75, 3.05) is 17.2 Å². The van der Waals surface area contributed by atoms with Gasteiger partial charge in [0, 0.05) is 18.4 Å². The molecule has 0 saturated carbocycles. The van der Waals surface area contributed by atoms with Crippen molar-refractivity contribution in [2.45, 2.75) is 33.7 Å². The molecule has 0 bridgehead atoms. The van der Waals surface area contributed by atoms with Crippen molar-refractivity contribution >= 4 is 22.7 Å². The van der Waals surface area contributed by atoms with Gasteiger partial charge in [0.25, 0.3) is 0 Å². The Morgan fingerprint density at radius 2 is 1.80 bits per heavy atom. The van der Waals surface area contributed by atoms with Crippen LogP contribution in [0.4, 0.5) is 11.6 Å². The van der Waals surface area contributed by atoms with Gasteiger partial charge in [0.2, 0.25) is 5.95 Å². The number of rotatable bonds is 6. The maximum Gasteiger partial charge on any atom is 0.225 e. The number of benzene rings is 2. The van der Waals surface area contributed by atoms with E-state index in [1.165, 1.54) is 5.56 Å². The Balaban J connectivity index is 1.56. The number of nitrogens with one attached hydrogen (secondary N) is 2. The Morgan fingerprint density at radius 1 is 1.00 bits per heavy atom. The minimum Gasteiger partial charge on any atom is -0.384 e. The van der Waals surface area contributed by atoms with E-state index in [-0.39, 0.29) is 11.5 Å². The maximum atomic E-state index is 4.71. The predicted molar refractivity (Wildman–Crippen MR) is 123 cm³/mol. The summed E-state index contributed by atoms with van der Waals surface area (Å²) in [6.07, 6.45) is 3.58. The highest BCUT2D eigenvalue weighted by molar-refractivity contribution is 5.81. The molecular weight excluding hydrogens is 372 g/mol. The summed E-state index contributed by atoms with van der Waals surface area (Å²) in [4.78, 5) is 13.7. The van der Waals surface area contributed by atoms with E-state index in [9.17, 15) is 0 Å². The Hall–Kier alpha value is -3.41. The normalized spacial score (nSPS) is 12.7.